The van der Waals surface area contributed by atoms with E-state index in [2.05, 4.69) is 61.0 Å². The minimum atomic E-state index is -0.146. The summed E-state index contributed by atoms with van der Waals surface area (Å²) in [5, 5.41) is 27.9. The fourth-order valence-electron chi connectivity index (χ4n) is 5.38. The first-order chi connectivity index (χ1) is 24.7. The quantitative estimate of drug-likeness (QED) is 0.0477. The van der Waals surface area contributed by atoms with Crippen LogP contribution < -0.4 is 4.90 Å². The highest BCUT2D eigenvalue weighted by atomic mass is 32.1. The van der Waals surface area contributed by atoms with Gasteiger partial charge in [0.25, 0.3) is 0 Å². The number of rotatable bonds is 28. The number of benzene rings is 1. The summed E-state index contributed by atoms with van der Waals surface area (Å²) in [7, 11) is 0. The lowest BCUT2D eigenvalue weighted by Gasteiger charge is -2.29. The molecule has 0 fully saturated rings. The maximum atomic E-state index is 12.0. The summed E-state index contributed by atoms with van der Waals surface area (Å²) < 4.78 is 27.8. The normalized spacial score (nSPS) is 11.9. The lowest BCUT2D eigenvalue weighted by Crippen LogP contribution is -2.34. The Morgan fingerprint density at radius 2 is 1.43 bits per heavy atom. The average molecular weight is 726 g/mol. The van der Waals surface area contributed by atoms with Gasteiger partial charge in [-0.15, -0.1) is 21.6 Å². The minimum Gasteiger partial charge on any atom is -0.463 e. The van der Waals surface area contributed by atoms with E-state index in [1.165, 1.54) is 49.9 Å². The molecule has 12 heteroatoms. The van der Waals surface area contributed by atoms with Gasteiger partial charge in [0.05, 0.1) is 64.1 Å². The average Bonchev–Trinajstić information content (AvgIpc) is 3.42. The molecule has 1 unspecified atom stereocenters. The van der Waals surface area contributed by atoms with Crippen LogP contribution >= 0.6 is 11.3 Å². The SMILES string of the molecule is CCCCCCCCC(C)CC(=O)OCCOCCOCCOCCOCCN(c1ccc(/N=N/c2sc(C#N)c(C)c2C#N)c(C)c1)C(C)C. The molecule has 2 rings (SSSR count). The Kier molecular flexibility index (Phi) is 22.7. The highest BCUT2D eigenvalue weighted by Crippen LogP contribution is 2.36. The topological polar surface area (TPSA) is 139 Å². The first-order valence-electron chi connectivity index (χ1n) is 18.4. The van der Waals surface area contributed by atoms with Crippen LogP contribution in [0.4, 0.5) is 16.4 Å². The third-order valence-electron chi connectivity index (χ3n) is 8.37. The van der Waals surface area contributed by atoms with Crippen LogP contribution in [0.1, 0.15) is 101 Å². The van der Waals surface area contributed by atoms with E-state index in [1.54, 1.807) is 6.92 Å². The van der Waals surface area contributed by atoms with Crippen LogP contribution in [-0.2, 0) is 28.5 Å². The van der Waals surface area contributed by atoms with Crippen molar-refractivity contribution in [3.8, 4) is 12.1 Å². The molecular formula is C39H59N5O6S. The van der Waals surface area contributed by atoms with Gasteiger partial charge in [0, 0.05) is 24.7 Å². The zero-order valence-electron chi connectivity index (χ0n) is 31.7. The van der Waals surface area contributed by atoms with Crippen LogP contribution in [0.5, 0.6) is 0 Å². The molecule has 0 saturated carbocycles. The Morgan fingerprint density at radius 1 is 0.824 bits per heavy atom. The lowest BCUT2D eigenvalue weighted by atomic mass is 9.99. The van der Waals surface area contributed by atoms with Crippen molar-refractivity contribution in [2.75, 3.05) is 70.9 Å². The van der Waals surface area contributed by atoms with E-state index in [0.717, 1.165) is 24.2 Å². The van der Waals surface area contributed by atoms with E-state index in [-0.39, 0.29) is 18.6 Å². The molecule has 1 atom stereocenters. The predicted molar refractivity (Wildman–Crippen MR) is 202 cm³/mol. The molecule has 0 spiro atoms. The molecule has 0 aliphatic carbocycles. The fraction of sp³-hybridized carbons (Fsp3) is 0.667. The number of nitriles is 2. The number of unbranched alkanes of at least 4 members (excludes halogenated alkanes) is 5. The largest absolute Gasteiger partial charge is 0.463 e. The van der Waals surface area contributed by atoms with Crippen molar-refractivity contribution in [1.82, 2.24) is 0 Å². The van der Waals surface area contributed by atoms with Gasteiger partial charge >= 0.3 is 5.97 Å². The summed E-state index contributed by atoms with van der Waals surface area (Å²) in [4.78, 5) is 14.8. The van der Waals surface area contributed by atoms with Gasteiger partial charge in [0.15, 0.2) is 5.00 Å². The Bertz CT molecular complexity index is 1400. The summed E-state index contributed by atoms with van der Waals surface area (Å²) in [5.74, 6) is 0.213. The molecule has 0 aliphatic heterocycles. The Balaban J connectivity index is 1.52. The van der Waals surface area contributed by atoms with E-state index >= 15 is 0 Å². The number of thiophene rings is 1. The number of ether oxygens (including phenoxy) is 5. The third-order valence-corrected chi connectivity index (χ3v) is 9.46. The zero-order chi connectivity index (χ0) is 37.3. The second-order valence-electron chi connectivity index (χ2n) is 13.0. The highest BCUT2D eigenvalue weighted by molar-refractivity contribution is 7.16. The summed E-state index contributed by atoms with van der Waals surface area (Å²) in [6, 6.07) is 10.5. The number of aryl methyl sites for hydroxylation is 1. The first kappa shape index (κ1) is 43.8. The summed E-state index contributed by atoms with van der Waals surface area (Å²) in [6.07, 6.45) is 9.17. The first-order valence-corrected chi connectivity index (χ1v) is 19.2. The highest BCUT2D eigenvalue weighted by Gasteiger charge is 2.16. The van der Waals surface area contributed by atoms with Gasteiger partial charge in [-0.1, -0.05) is 58.8 Å². The van der Waals surface area contributed by atoms with Gasteiger partial charge in [0.1, 0.15) is 23.6 Å². The molecule has 0 amide bonds. The second kappa shape index (κ2) is 26.4. The van der Waals surface area contributed by atoms with Crippen molar-refractivity contribution < 1.29 is 28.5 Å². The number of hydrogen-bond acceptors (Lipinski definition) is 12. The van der Waals surface area contributed by atoms with Crippen LogP contribution in [-0.4, -0.2) is 78.0 Å². The van der Waals surface area contributed by atoms with Crippen LogP contribution in [0.3, 0.4) is 0 Å². The number of anilines is 1. The van der Waals surface area contributed by atoms with Crippen LogP contribution in [0, 0.1) is 42.4 Å². The summed E-state index contributed by atoms with van der Waals surface area (Å²) in [6.45, 7) is 17.1. The maximum absolute atomic E-state index is 12.0. The molecule has 0 saturated heterocycles. The number of esters is 1. The second-order valence-corrected chi connectivity index (χ2v) is 14.0. The Morgan fingerprint density at radius 3 is 2.02 bits per heavy atom. The summed E-state index contributed by atoms with van der Waals surface area (Å²) in [5.41, 5.74) is 3.76. The van der Waals surface area contributed by atoms with Crippen molar-refractivity contribution in [2.24, 2.45) is 16.1 Å². The molecule has 1 heterocycles. The van der Waals surface area contributed by atoms with Gasteiger partial charge < -0.3 is 28.6 Å². The Labute approximate surface area is 309 Å². The predicted octanol–water partition coefficient (Wildman–Crippen LogP) is 9.12. The van der Waals surface area contributed by atoms with Gasteiger partial charge in [-0.25, -0.2) is 0 Å². The van der Waals surface area contributed by atoms with Gasteiger partial charge in [-0.05, 0) is 62.9 Å². The van der Waals surface area contributed by atoms with Crippen molar-refractivity contribution in [1.29, 1.82) is 10.5 Å². The minimum absolute atomic E-state index is 0.146. The molecule has 0 N–H and O–H groups in total. The van der Waals surface area contributed by atoms with E-state index < -0.39 is 0 Å². The van der Waals surface area contributed by atoms with Gasteiger partial charge in [-0.3, -0.25) is 4.79 Å². The van der Waals surface area contributed by atoms with Crippen molar-refractivity contribution in [2.45, 2.75) is 99.0 Å². The molecule has 51 heavy (non-hydrogen) atoms. The molecule has 0 bridgehead atoms. The van der Waals surface area contributed by atoms with Crippen molar-refractivity contribution in [3.05, 3.63) is 39.8 Å². The third kappa shape index (κ3) is 17.6. The Hall–Kier alpha value is -3.39. The van der Waals surface area contributed by atoms with E-state index in [1.807, 2.05) is 19.1 Å². The standard InChI is InChI=1S/C39H59N5O6S/c1-7-8-9-10-11-12-13-31(4)26-38(45)50-25-24-49-23-22-48-21-20-47-19-18-46-17-16-44(30(2)3)34-14-15-36(32(5)27-34)42-43-39-35(28-40)33(6)37(29-41)51-39/h14-15,27,30-31H,7-13,16-26H2,1-6H3/b43-42+. The van der Waals surface area contributed by atoms with E-state index in [9.17, 15) is 15.3 Å². The molecule has 282 valence electrons. The zero-order valence-corrected chi connectivity index (χ0v) is 32.5. The van der Waals surface area contributed by atoms with Crippen molar-refractivity contribution in [3.63, 3.8) is 0 Å². The van der Waals surface area contributed by atoms with Crippen LogP contribution in [0.25, 0.3) is 0 Å². The molecule has 2 aromatic rings. The molecule has 11 nitrogen and oxygen atoms in total. The van der Waals surface area contributed by atoms with Gasteiger partial charge in [-0.2, -0.15) is 10.5 Å². The number of azo groups is 1. The van der Waals surface area contributed by atoms with Crippen LogP contribution in [0.15, 0.2) is 28.4 Å². The molecular weight excluding hydrogens is 667 g/mol. The van der Waals surface area contributed by atoms with E-state index in [4.69, 9.17) is 23.7 Å². The smallest absolute Gasteiger partial charge is 0.306 e. The van der Waals surface area contributed by atoms with Crippen LogP contribution in [0.2, 0.25) is 0 Å². The summed E-state index contributed by atoms with van der Waals surface area (Å²) >= 11 is 1.18. The number of nitrogens with zero attached hydrogens (tertiary/aromatic N) is 5. The fourth-order valence-corrected chi connectivity index (χ4v) is 6.26. The molecule has 1 aromatic carbocycles. The molecule has 0 aliphatic rings. The van der Waals surface area contributed by atoms with E-state index in [0.29, 0.717) is 91.9 Å². The maximum Gasteiger partial charge on any atom is 0.306 e. The number of hydrogen-bond donors (Lipinski definition) is 0. The number of carbonyl (C=O) groups excluding carboxylic acids is 1. The lowest BCUT2D eigenvalue weighted by molar-refractivity contribution is -0.146. The molecule has 0 radical (unpaired) electrons. The monoisotopic (exact) mass is 725 g/mol. The number of carbonyl (C=O) groups is 1. The molecule has 1 aromatic heterocycles. The van der Waals surface area contributed by atoms with Crippen molar-refractivity contribution >= 4 is 33.7 Å². The van der Waals surface area contributed by atoms with Gasteiger partial charge in [0.2, 0.25) is 0 Å².